The number of hydrogen-bond acceptors (Lipinski definition) is 4. The largest absolute Gasteiger partial charge is 0.416 e. The third-order valence-electron chi connectivity index (χ3n) is 3.75. The Bertz CT molecular complexity index is 868. The van der Waals surface area contributed by atoms with Gasteiger partial charge in [-0.05, 0) is 31.0 Å². The van der Waals surface area contributed by atoms with E-state index in [0.29, 0.717) is 0 Å². The number of alkyl halides is 3. The molecule has 0 saturated heterocycles. The molecule has 1 aromatic heterocycles. The summed E-state index contributed by atoms with van der Waals surface area (Å²) in [6.45, 7) is 5.11. The molecule has 1 heterocycles. The highest BCUT2D eigenvalue weighted by Gasteiger charge is 2.31. The Labute approximate surface area is 153 Å². The predicted molar refractivity (Wildman–Crippen MR) is 91.2 cm³/mol. The summed E-state index contributed by atoms with van der Waals surface area (Å²) >= 11 is 5.96. The van der Waals surface area contributed by atoms with Crippen LogP contribution < -0.4 is 5.32 Å². The van der Waals surface area contributed by atoms with Crippen molar-refractivity contribution in [1.82, 2.24) is 9.78 Å². The van der Waals surface area contributed by atoms with Crippen LogP contribution in [0.1, 0.15) is 31.9 Å². The first-order chi connectivity index (χ1) is 12.0. The first-order valence-corrected chi connectivity index (χ1v) is 8.06. The van der Waals surface area contributed by atoms with Crippen LogP contribution in [0.4, 0.5) is 19.0 Å². The summed E-state index contributed by atoms with van der Waals surface area (Å²) in [6.07, 6.45) is -3.17. The minimum absolute atomic E-state index is 0.0427. The second-order valence-electron chi connectivity index (χ2n) is 6.09. The molecular formula is C17H16ClF3N4O. The van der Waals surface area contributed by atoms with Gasteiger partial charge in [0.2, 0.25) is 0 Å². The van der Waals surface area contributed by atoms with Crippen molar-refractivity contribution in [1.29, 1.82) is 5.26 Å². The average Bonchev–Trinajstić information content (AvgIpc) is 2.93. The number of aromatic nitrogens is 2. The fourth-order valence-corrected chi connectivity index (χ4v) is 2.71. The van der Waals surface area contributed by atoms with Crippen LogP contribution in [0.3, 0.4) is 0 Å². The lowest BCUT2D eigenvalue weighted by molar-refractivity contribution is -0.137. The maximum Gasteiger partial charge on any atom is 0.416 e. The number of nitriles is 1. The monoisotopic (exact) mass is 384 g/mol. The van der Waals surface area contributed by atoms with Crippen molar-refractivity contribution in [2.45, 2.75) is 33.0 Å². The van der Waals surface area contributed by atoms with E-state index >= 15 is 0 Å². The molecule has 1 N–H and O–H groups in total. The van der Waals surface area contributed by atoms with E-state index in [2.05, 4.69) is 10.4 Å². The van der Waals surface area contributed by atoms with Crippen molar-refractivity contribution in [3.63, 3.8) is 0 Å². The van der Waals surface area contributed by atoms with Crippen LogP contribution in [0.5, 0.6) is 0 Å². The van der Waals surface area contributed by atoms with Gasteiger partial charge in [0.25, 0.3) is 0 Å². The van der Waals surface area contributed by atoms with Gasteiger partial charge in [-0.2, -0.15) is 18.4 Å². The molecule has 2 rings (SSSR count). The molecule has 0 amide bonds. The highest BCUT2D eigenvalue weighted by atomic mass is 35.5. The normalized spacial score (nSPS) is 12.7. The predicted octanol–water partition coefficient (Wildman–Crippen LogP) is 4.44. The quantitative estimate of drug-likeness (QED) is 0.827. The molecule has 1 aromatic carbocycles. The third kappa shape index (κ3) is 4.17. The zero-order valence-corrected chi connectivity index (χ0v) is 15.0. The Balaban J connectivity index is 2.43. The zero-order chi connectivity index (χ0) is 19.6. The highest BCUT2D eigenvalue weighted by Crippen LogP contribution is 2.33. The van der Waals surface area contributed by atoms with Crippen LogP contribution in [0.25, 0.3) is 5.69 Å². The van der Waals surface area contributed by atoms with Gasteiger partial charge < -0.3 is 5.32 Å². The summed E-state index contributed by atoms with van der Waals surface area (Å²) in [4.78, 5) is 11.7. The van der Waals surface area contributed by atoms with Crippen molar-refractivity contribution in [3.05, 3.63) is 40.5 Å². The molecule has 0 radical (unpaired) electrons. The van der Waals surface area contributed by atoms with Gasteiger partial charge in [-0.3, -0.25) is 4.79 Å². The molecule has 1 unspecified atom stereocenters. The van der Waals surface area contributed by atoms with Gasteiger partial charge in [-0.1, -0.05) is 25.4 Å². The van der Waals surface area contributed by atoms with E-state index in [1.165, 1.54) is 23.9 Å². The van der Waals surface area contributed by atoms with Gasteiger partial charge >= 0.3 is 6.18 Å². The summed E-state index contributed by atoms with van der Waals surface area (Å²) in [5.74, 6) is 0.00205. The van der Waals surface area contributed by atoms with E-state index in [4.69, 9.17) is 11.6 Å². The highest BCUT2D eigenvalue weighted by molar-refractivity contribution is 6.32. The van der Waals surface area contributed by atoms with E-state index < -0.39 is 17.8 Å². The molecule has 5 nitrogen and oxygen atoms in total. The topological polar surface area (TPSA) is 70.7 Å². The lowest BCUT2D eigenvalue weighted by atomic mass is 10.0. The minimum atomic E-state index is -4.51. The minimum Gasteiger partial charge on any atom is -0.357 e. The maximum absolute atomic E-state index is 12.8. The second-order valence-corrected chi connectivity index (χ2v) is 6.50. The first kappa shape index (κ1) is 19.8. The number of carbonyl (C=O) groups excluding carboxylic acids is 1. The fourth-order valence-electron chi connectivity index (χ4n) is 2.44. The molecule has 0 fully saturated rings. The fraction of sp³-hybridized carbons (Fsp3) is 0.353. The number of rotatable bonds is 5. The Morgan fingerprint density at radius 2 is 2.04 bits per heavy atom. The maximum atomic E-state index is 12.8. The molecule has 0 aliphatic carbocycles. The Kier molecular flexibility index (Phi) is 5.62. The Morgan fingerprint density at radius 3 is 2.50 bits per heavy atom. The van der Waals surface area contributed by atoms with Crippen LogP contribution in [0.2, 0.25) is 5.02 Å². The van der Waals surface area contributed by atoms with Gasteiger partial charge in [-0.15, -0.1) is 5.10 Å². The number of benzene rings is 1. The van der Waals surface area contributed by atoms with Gasteiger partial charge in [0.1, 0.15) is 11.6 Å². The summed E-state index contributed by atoms with van der Waals surface area (Å²) in [5, 5.41) is 16.2. The van der Waals surface area contributed by atoms with E-state index in [1.807, 2.05) is 19.9 Å². The average molecular weight is 385 g/mol. The molecule has 0 aliphatic rings. The van der Waals surface area contributed by atoms with Crippen molar-refractivity contribution in [2.24, 2.45) is 5.92 Å². The SMILES string of the molecule is CC(=O)C(Nc1nn(-c2ccc(C(F)(F)F)cc2Cl)cc1C#N)C(C)C. The Morgan fingerprint density at radius 1 is 1.38 bits per heavy atom. The smallest absolute Gasteiger partial charge is 0.357 e. The molecule has 1 atom stereocenters. The van der Waals surface area contributed by atoms with E-state index in [1.54, 1.807) is 0 Å². The summed E-state index contributed by atoms with van der Waals surface area (Å²) in [5.41, 5.74) is -0.547. The lowest BCUT2D eigenvalue weighted by Gasteiger charge is -2.19. The van der Waals surface area contributed by atoms with Gasteiger partial charge in [-0.25, -0.2) is 4.68 Å². The third-order valence-corrected chi connectivity index (χ3v) is 4.06. The molecule has 138 valence electrons. The summed E-state index contributed by atoms with van der Waals surface area (Å²) in [7, 11) is 0. The Hall–Kier alpha value is -2.53. The van der Waals surface area contributed by atoms with Gasteiger partial charge in [0, 0.05) is 0 Å². The van der Waals surface area contributed by atoms with Crippen molar-refractivity contribution in [3.8, 4) is 11.8 Å². The van der Waals surface area contributed by atoms with Gasteiger partial charge in [0.15, 0.2) is 11.6 Å². The number of nitrogens with one attached hydrogen (secondary N) is 1. The van der Waals surface area contributed by atoms with E-state index in [9.17, 15) is 23.2 Å². The summed E-state index contributed by atoms with van der Waals surface area (Å²) < 4.78 is 39.5. The zero-order valence-electron chi connectivity index (χ0n) is 14.2. The van der Waals surface area contributed by atoms with Crippen molar-refractivity contribution < 1.29 is 18.0 Å². The molecule has 0 spiro atoms. The molecule has 0 saturated carbocycles. The van der Waals surface area contributed by atoms with Crippen LogP contribution in [0.15, 0.2) is 24.4 Å². The number of anilines is 1. The van der Waals surface area contributed by atoms with Crippen molar-refractivity contribution in [2.75, 3.05) is 5.32 Å². The second kappa shape index (κ2) is 7.38. The van der Waals surface area contributed by atoms with Gasteiger partial charge in [0.05, 0.1) is 28.5 Å². The molecule has 0 aliphatic heterocycles. The number of Topliss-reactive ketones (excluding diaryl/α,β-unsaturated/α-hetero) is 1. The van der Waals surface area contributed by atoms with Crippen molar-refractivity contribution >= 4 is 23.2 Å². The first-order valence-electron chi connectivity index (χ1n) is 7.68. The molecule has 0 bridgehead atoms. The van der Waals surface area contributed by atoms with E-state index in [-0.39, 0.29) is 33.8 Å². The summed E-state index contributed by atoms with van der Waals surface area (Å²) in [6, 6.07) is 4.25. The van der Waals surface area contributed by atoms with Crippen LogP contribution in [0, 0.1) is 17.2 Å². The number of carbonyl (C=O) groups is 1. The molecular weight excluding hydrogens is 369 g/mol. The number of ketones is 1. The molecule has 2 aromatic rings. The number of nitrogens with zero attached hydrogens (tertiary/aromatic N) is 3. The molecule has 9 heteroatoms. The van der Waals surface area contributed by atoms with Crippen LogP contribution in [-0.4, -0.2) is 21.6 Å². The lowest BCUT2D eigenvalue weighted by Crippen LogP contribution is -2.33. The number of halogens is 4. The van der Waals surface area contributed by atoms with Crippen LogP contribution in [-0.2, 0) is 11.0 Å². The van der Waals surface area contributed by atoms with Crippen LogP contribution >= 0.6 is 11.6 Å². The number of hydrogen-bond donors (Lipinski definition) is 1. The standard InChI is InChI=1S/C17H16ClF3N4O/c1-9(2)15(10(3)26)23-16-11(7-22)8-25(24-16)14-5-4-12(6-13(14)18)17(19,20)21/h4-6,8-9,15H,1-3H3,(H,23,24). The van der Waals surface area contributed by atoms with E-state index in [0.717, 1.165) is 12.1 Å². The molecule has 26 heavy (non-hydrogen) atoms.